The number of nitrogens with zero attached hydrogens (tertiary/aromatic N) is 1. The first-order valence-electron chi connectivity index (χ1n) is 3.24. The highest BCUT2D eigenvalue weighted by molar-refractivity contribution is 5.03. The fraction of sp³-hybridized carbons (Fsp3) is 0.625. The predicted octanol–water partition coefficient (Wildman–Crippen LogP) is 2.36. The molecule has 0 bridgehead atoms. The van der Waals surface area contributed by atoms with Gasteiger partial charge in [0.2, 0.25) is 0 Å². The van der Waals surface area contributed by atoms with Gasteiger partial charge >= 0.3 is 0 Å². The van der Waals surface area contributed by atoms with Gasteiger partial charge in [-0.1, -0.05) is 26.8 Å². The number of hydrogen-bond donors (Lipinski definition) is 0. The van der Waals surface area contributed by atoms with Gasteiger partial charge in [-0.3, -0.25) is 0 Å². The van der Waals surface area contributed by atoms with Crippen LogP contribution in [-0.4, -0.2) is 0 Å². The second-order valence-corrected chi connectivity index (χ2v) is 2.59. The first kappa shape index (κ1) is 8.23. The van der Waals surface area contributed by atoms with Gasteiger partial charge < -0.3 is 0 Å². The van der Waals surface area contributed by atoms with Crippen LogP contribution < -0.4 is 0 Å². The third kappa shape index (κ3) is 3.78. The Hall–Kier alpha value is -0.770. The maximum atomic E-state index is 8.16. The van der Waals surface area contributed by atoms with Crippen molar-refractivity contribution in [2.45, 2.75) is 20.8 Å². The van der Waals surface area contributed by atoms with E-state index in [1.165, 1.54) is 0 Å². The largest absolute Gasteiger partial charge is 0.193 e. The predicted molar refractivity (Wildman–Crippen MR) is 38.8 cm³/mol. The van der Waals surface area contributed by atoms with Gasteiger partial charge in [0, 0.05) is 6.08 Å². The average molecular weight is 123 g/mol. The molecule has 50 valence electrons. The summed E-state index contributed by atoms with van der Waals surface area (Å²) in [6.07, 6.45) is 3.48. The van der Waals surface area contributed by atoms with Crippen LogP contribution in [0.4, 0.5) is 0 Å². The molecule has 0 unspecified atom stereocenters. The van der Waals surface area contributed by atoms with Crippen molar-refractivity contribution in [3.8, 4) is 6.07 Å². The third-order valence-electron chi connectivity index (χ3n) is 1.53. The average Bonchev–Trinajstić information content (AvgIpc) is 1.82. The highest BCUT2D eigenvalue weighted by Crippen LogP contribution is 2.09. The maximum absolute atomic E-state index is 8.16. The highest BCUT2D eigenvalue weighted by Gasteiger charge is 2.00. The van der Waals surface area contributed by atoms with Gasteiger partial charge in [-0.05, 0) is 11.8 Å². The summed E-state index contributed by atoms with van der Waals surface area (Å²) in [6, 6.07) is 1.97. The molecular formula is C8H13N. The Bertz CT molecular complexity index is 128. The van der Waals surface area contributed by atoms with Crippen LogP contribution in [0.1, 0.15) is 20.8 Å². The zero-order chi connectivity index (χ0) is 7.28. The quantitative estimate of drug-likeness (QED) is 0.517. The Morgan fingerprint density at radius 1 is 1.33 bits per heavy atom. The molecule has 1 nitrogen and oxygen atoms in total. The van der Waals surface area contributed by atoms with Crippen molar-refractivity contribution < 1.29 is 0 Å². The molecule has 0 aliphatic carbocycles. The minimum absolute atomic E-state index is 0.518. The molecule has 0 heterocycles. The molecule has 0 N–H and O–H groups in total. The molecule has 0 fully saturated rings. The number of hydrogen-bond acceptors (Lipinski definition) is 1. The summed E-state index contributed by atoms with van der Waals surface area (Å²) in [7, 11) is 0. The van der Waals surface area contributed by atoms with E-state index in [1.807, 2.05) is 12.1 Å². The second-order valence-electron chi connectivity index (χ2n) is 2.59. The van der Waals surface area contributed by atoms with Gasteiger partial charge in [-0.15, -0.1) is 0 Å². The molecule has 9 heavy (non-hydrogen) atoms. The molecule has 0 saturated carbocycles. The Kier molecular flexibility index (Phi) is 3.79. The fourth-order valence-electron chi connectivity index (χ4n) is 0.417. The van der Waals surface area contributed by atoms with E-state index < -0.39 is 0 Å². The second kappa shape index (κ2) is 4.14. The fourth-order valence-corrected chi connectivity index (χ4v) is 0.417. The van der Waals surface area contributed by atoms with Crippen LogP contribution in [0.2, 0.25) is 0 Å². The third-order valence-corrected chi connectivity index (χ3v) is 1.53. The van der Waals surface area contributed by atoms with E-state index in [2.05, 4.69) is 20.8 Å². The van der Waals surface area contributed by atoms with Crippen LogP contribution in [-0.2, 0) is 0 Å². The first-order valence-corrected chi connectivity index (χ1v) is 3.24. The van der Waals surface area contributed by atoms with Crippen molar-refractivity contribution in [2.75, 3.05) is 0 Å². The molecular weight excluding hydrogens is 110 g/mol. The molecule has 1 atom stereocenters. The van der Waals surface area contributed by atoms with E-state index in [1.54, 1.807) is 6.08 Å². The smallest absolute Gasteiger partial charge is 0.0908 e. The van der Waals surface area contributed by atoms with Crippen molar-refractivity contribution in [2.24, 2.45) is 11.8 Å². The van der Waals surface area contributed by atoms with Gasteiger partial charge in [0.1, 0.15) is 0 Å². The molecule has 0 aliphatic heterocycles. The van der Waals surface area contributed by atoms with E-state index in [0.29, 0.717) is 11.8 Å². The molecule has 1 heteroatoms. The molecule has 0 aliphatic rings. The van der Waals surface area contributed by atoms with Crippen molar-refractivity contribution in [3.05, 3.63) is 12.2 Å². The summed E-state index contributed by atoms with van der Waals surface area (Å²) >= 11 is 0. The summed E-state index contributed by atoms with van der Waals surface area (Å²) in [6.45, 7) is 6.40. The Labute approximate surface area is 57.0 Å². The highest BCUT2D eigenvalue weighted by atomic mass is 14.2. The van der Waals surface area contributed by atoms with Crippen LogP contribution in [0.5, 0.6) is 0 Å². The number of rotatable bonds is 2. The molecule has 0 saturated heterocycles. The van der Waals surface area contributed by atoms with Crippen molar-refractivity contribution in [3.63, 3.8) is 0 Å². The lowest BCUT2D eigenvalue weighted by Crippen LogP contribution is -1.98. The van der Waals surface area contributed by atoms with Crippen LogP contribution in [0.3, 0.4) is 0 Å². The Morgan fingerprint density at radius 2 is 1.89 bits per heavy atom. The maximum Gasteiger partial charge on any atom is 0.0908 e. The van der Waals surface area contributed by atoms with Crippen LogP contribution in [0.25, 0.3) is 0 Å². The lowest BCUT2D eigenvalue weighted by molar-refractivity contribution is 0.504. The molecule has 0 rings (SSSR count). The summed E-state index contributed by atoms with van der Waals surface area (Å²) in [5.41, 5.74) is 0. The normalized spacial score (nSPS) is 14.1. The van der Waals surface area contributed by atoms with Gasteiger partial charge in [-0.2, -0.15) is 5.26 Å². The van der Waals surface area contributed by atoms with Crippen LogP contribution in [0, 0.1) is 23.2 Å². The van der Waals surface area contributed by atoms with Crippen LogP contribution >= 0.6 is 0 Å². The van der Waals surface area contributed by atoms with Crippen LogP contribution in [0.15, 0.2) is 12.2 Å². The van der Waals surface area contributed by atoms with E-state index in [4.69, 9.17) is 5.26 Å². The molecule has 0 aromatic carbocycles. The van der Waals surface area contributed by atoms with E-state index in [0.717, 1.165) is 0 Å². The summed E-state index contributed by atoms with van der Waals surface area (Å²) in [4.78, 5) is 0. The lowest BCUT2D eigenvalue weighted by Gasteiger charge is -2.07. The zero-order valence-corrected chi connectivity index (χ0v) is 6.26. The molecule has 0 spiro atoms. The number of nitriles is 1. The van der Waals surface area contributed by atoms with Crippen molar-refractivity contribution in [1.82, 2.24) is 0 Å². The first-order chi connectivity index (χ1) is 4.18. The summed E-state index contributed by atoms with van der Waals surface area (Å²) < 4.78 is 0. The lowest BCUT2D eigenvalue weighted by atomic mass is 9.98. The Morgan fingerprint density at radius 3 is 2.22 bits per heavy atom. The zero-order valence-electron chi connectivity index (χ0n) is 6.26. The van der Waals surface area contributed by atoms with Gasteiger partial charge in [0.05, 0.1) is 6.07 Å². The Balaban J connectivity index is 3.65. The molecule has 0 amide bonds. The monoisotopic (exact) mass is 123 g/mol. The summed E-state index contributed by atoms with van der Waals surface area (Å²) in [5.74, 6) is 1.15. The topological polar surface area (TPSA) is 23.8 Å². The molecule has 0 aromatic rings. The standard InChI is InChI=1S/C8H13N/c1-7(2)8(3)5-4-6-9/h4-5,7-8H,1-3H3/b5-4-/t8-/m0/s1. The summed E-state index contributed by atoms with van der Waals surface area (Å²) in [5, 5.41) is 8.16. The SMILES string of the molecule is CC(C)[C@@H](C)/C=C\C#N. The van der Waals surface area contributed by atoms with Gasteiger partial charge in [0.15, 0.2) is 0 Å². The molecule has 0 aromatic heterocycles. The van der Waals surface area contributed by atoms with Gasteiger partial charge in [0.25, 0.3) is 0 Å². The number of allylic oxidation sites excluding steroid dienone is 2. The van der Waals surface area contributed by atoms with E-state index >= 15 is 0 Å². The minimum atomic E-state index is 0.518. The van der Waals surface area contributed by atoms with Crippen molar-refractivity contribution in [1.29, 1.82) is 5.26 Å². The van der Waals surface area contributed by atoms with E-state index in [-0.39, 0.29) is 0 Å². The molecule has 0 radical (unpaired) electrons. The van der Waals surface area contributed by atoms with E-state index in [9.17, 15) is 0 Å². The minimum Gasteiger partial charge on any atom is -0.193 e. The van der Waals surface area contributed by atoms with Crippen molar-refractivity contribution >= 4 is 0 Å². The van der Waals surface area contributed by atoms with Gasteiger partial charge in [-0.25, -0.2) is 0 Å².